The van der Waals surface area contributed by atoms with Crippen molar-refractivity contribution in [2.45, 2.75) is 38.0 Å². The van der Waals surface area contributed by atoms with Gasteiger partial charge in [0, 0.05) is 18.8 Å². The molecule has 3 rings (SSSR count). The second kappa shape index (κ2) is 9.91. The van der Waals surface area contributed by atoms with Gasteiger partial charge >= 0.3 is 18.0 Å². The quantitative estimate of drug-likeness (QED) is 0.326. The number of H-pyrrole nitrogens is 1. The van der Waals surface area contributed by atoms with E-state index < -0.39 is 65.0 Å². The minimum atomic E-state index is -4.66. The van der Waals surface area contributed by atoms with Crippen LogP contribution in [0.1, 0.15) is 31.5 Å². The summed E-state index contributed by atoms with van der Waals surface area (Å²) in [4.78, 5) is 38.7. The molecule has 1 aliphatic rings. The molecule has 0 radical (unpaired) electrons. The Hall–Kier alpha value is -3.29. The highest BCUT2D eigenvalue weighted by molar-refractivity contribution is 6.35. The summed E-state index contributed by atoms with van der Waals surface area (Å²) in [6.45, 7) is 1.41. The molecule has 2 aromatic rings. The van der Waals surface area contributed by atoms with E-state index in [1.807, 2.05) is 5.32 Å². The molecule has 2 heterocycles. The third-order valence-corrected chi connectivity index (χ3v) is 5.72. The number of carbonyl (C=O) groups excluding carboxylic acids is 3. The Morgan fingerprint density at radius 2 is 2.00 bits per heavy atom. The van der Waals surface area contributed by atoms with Crippen LogP contribution in [0.25, 0.3) is 0 Å². The van der Waals surface area contributed by atoms with E-state index in [2.05, 4.69) is 20.7 Å². The highest BCUT2D eigenvalue weighted by atomic mass is 35.5. The highest BCUT2D eigenvalue weighted by Crippen LogP contribution is 2.30. The van der Waals surface area contributed by atoms with E-state index >= 15 is 0 Å². The molecule has 9 nitrogen and oxygen atoms in total. The molecule has 3 N–H and O–H groups in total. The summed E-state index contributed by atoms with van der Waals surface area (Å²) in [5.41, 5.74) is -0.584. The molecule has 3 atom stereocenters. The number of hydrogen-bond acceptors (Lipinski definition) is 5. The fourth-order valence-electron chi connectivity index (χ4n) is 3.62. The third-order valence-electron chi connectivity index (χ3n) is 5.37. The van der Waals surface area contributed by atoms with Gasteiger partial charge in [0.05, 0.1) is 24.1 Å². The monoisotopic (exact) mass is 508 g/mol. The Balaban J connectivity index is 1.66. The molecule has 1 fully saturated rings. The molecule has 0 bridgehead atoms. The topological polar surface area (TPSA) is 120 Å². The summed E-state index contributed by atoms with van der Waals surface area (Å²) in [5.74, 6) is -6.22. The number of nitrogens with one attached hydrogen (secondary N) is 3. The van der Waals surface area contributed by atoms with Crippen molar-refractivity contribution in [3.63, 3.8) is 0 Å². The lowest BCUT2D eigenvalue weighted by Gasteiger charge is -2.25. The van der Waals surface area contributed by atoms with Crippen LogP contribution < -0.4 is 10.6 Å². The number of nitrogens with zero attached hydrogens (tertiary/aromatic N) is 3. The second-order valence-electron chi connectivity index (χ2n) is 7.59. The first kappa shape index (κ1) is 25.3. The van der Waals surface area contributed by atoms with Gasteiger partial charge in [-0.1, -0.05) is 16.8 Å². The number of aromatic nitrogens is 3. The van der Waals surface area contributed by atoms with E-state index in [9.17, 15) is 36.3 Å². The van der Waals surface area contributed by atoms with Crippen LogP contribution in [-0.4, -0.2) is 56.8 Å². The van der Waals surface area contributed by atoms with Crippen LogP contribution in [-0.2, 0) is 14.4 Å². The number of alkyl halides is 3. The zero-order chi connectivity index (χ0) is 25.2. The molecule has 1 aliphatic heterocycles. The predicted octanol–water partition coefficient (Wildman–Crippen LogP) is 2.72. The summed E-state index contributed by atoms with van der Waals surface area (Å²) in [5, 5.41) is 12.5. The van der Waals surface area contributed by atoms with Crippen LogP contribution in [0, 0.1) is 17.6 Å². The maximum atomic E-state index is 14.1. The summed E-state index contributed by atoms with van der Waals surface area (Å²) < 4.78 is 66.1. The average molecular weight is 509 g/mol. The number of anilines is 1. The van der Waals surface area contributed by atoms with Gasteiger partial charge in [0.25, 0.3) is 0 Å². The maximum Gasteiger partial charge on any atom is 0.391 e. The van der Waals surface area contributed by atoms with Gasteiger partial charge < -0.3 is 15.5 Å². The first-order chi connectivity index (χ1) is 15.9. The predicted molar refractivity (Wildman–Crippen MR) is 107 cm³/mol. The Morgan fingerprint density at radius 3 is 2.62 bits per heavy atom. The smallest absolute Gasteiger partial charge is 0.339 e. The van der Waals surface area contributed by atoms with Crippen molar-refractivity contribution in [1.29, 1.82) is 0 Å². The summed E-state index contributed by atoms with van der Waals surface area (Å²) in [6.07, 6.45) is -4.99. The summed E-state index contributed by atoms with van der Waals surface area (Å²) >= 11 is 5.49. The second-order valence-corrected chi connectivity index (χ2v) is 7.97. The van der Waals surface area contributed by atoms with E-state index in [-0.39, 0.29) is 24.3 Å². The molecule has 0 aliphatic carbocycles. The van der Waals surface area contributed by atoms with E-state index in [1.165, 1.54) is 6.92 Å². The van der Waals surface area contributed by atoms with Crippen molar-refractivity contribution in [3.8, 4) is 0 Å². The lowest BCUT2D eigenvalue weighted by molar-refractivity contribution is -0.151. The number of carbonyl (C=O) groups is 3. The standard InChI is InChI=1S/C19H18ClF5N6O3/c1-8-9(16(32)27-11-3-2-10(21)14(20)15(11)22)4-5-31(8)18(34)17(33)28-12(6-19(23,24)25)13-7-26-30-29-13/h2-3,7-9,12H,4-6H2,1H3,(H,27,32)(H,28,33)(H,26,29,30)/t8-,9-,12+/m0/s1. The van der Waals surface area contributed by atoms with Gasteiger partial charge in [0.2, 0.25) is 5.91 Å². The number of aromatic amines is 1. The number of amides is 3. The molecule has 184 valence electrons. The van der Waals surface area contributed by atoms with Gasteiger partial charge in [-0.2, -0.15) is 13.2 Å². The fraction of sp³-hybridized carbons (Fsp3) is 0.421. The van der Waals surface area contributed by atoms with E-state index in [4.69, 9.17) is 11.6 Å². The van der Waals surface area contributed by atoms with Crippen molar-refractivity contribution in [3.05, 3.63) is 40.7 Å². The van der Waals surface area contributed by atoms with Crippen LogP contribution in [0.2, 0.25) is 5.02 Å². The van der Waals surface area contributed by atoms with Gasteiger partial charge in [0.1, 0.15) is 16.5 Å². The number of halogens is 6. The van der Waals surface area contributed by atoms with Crippen LogP contribution in [0.5, 0.6) is 0 Å². The highest BCUT2D eigenvalue weighted by Gasteiger charge is 2.42. The number of rotatable bonds is 5. The van der Waals surface area contributed by atoms with Gasteiger partial charge in [-0.15, -0.1) is 5.10 Å². The van der Waals surface area contributed by atoms with Gasteiger partial charge in [-0.25, -0.2) is 8.78 Å². The number of benzene rings is 1. The van der Waals surface area contributed by atoms with Gasteiger partial charge in [-0.05, 0) is 25.5 Å². The molecule has 3 amide bonds. The molecule has 34 heavy (non-hydrogen) atoms. The molecule has 0 saturated carbocycles. The minimum Gasteiger partial charge on any atom is -0.339 e. The molecular formula is C19H18ClF5N6O3. The molecule has 15 heteroatoms. The van der Waals surface area contributed by atoms with Crippen molar-refractivity contribution >= 4 is 35.0 Å². The maximum absolute atomic E-state index is 14.1. The summed E-state index contributed by atoms with van der Waals surface area (Å²) in [7, 11) is 0. The fourth-order valence-corrected chi connectivity index (χ4v) is 3.78. The minimum absolute atomic E-state index is 0.0495. The Bertz CT molecular complexity index is 1080. The van der Waals surface area contributed by atoms with Crippen molar-refractivity contribution in [2.24, 2.45) is 5.92 Å². The lowest BCUT2D eigenvalue weighted by atomic mass is 10.0. The number of likely N-dealkylation sites (tertiary alicyclic amines) is 1. The Labute approximate surface area is 194 Å². The zero-order valence-corrected chi connectivity index (χ0v) is 18.2. The van der Waals surface area contributed by atoms with Crippen LogP contribution in [0.4, 0.5) is 27.6 Å². The largest absolute Gasteiger partial charge is 0.391 e. The van der Waals surface area contributed by atoms with Crippen molar-refractivity contribution in [1.82, 2.24) is 25.6 Å². The molecule has 1 saturated heterocycles. The lowest BCUT2D eigenvalue weighted by Crippen LogP contribution is -2.47. The van der Waals surface area contributed by atoms with Crippen LogP contribution in [0.15, 0.2) is 18.3 Å². The van der Waals surface area contributed by atoms with Crippen LogP contribution >= 0.6 is 11.6 Å². The zero-order valence-electron chi connectivity index (χ0n) is 17.4. The SMILES string of the molecule is C[C@H]1[C@@H](C(=O)Nc2ccc(F)c(Cl)c2F)CCN1C(=O)C(=O)N[C@H](CC(F)(F)F)c1c[nH]nn1. The Morgan fingerprint density at radius 1 is 1.29 bits per heavy atom. The van der Waals surface area contributed by atoms with Crippen molar-refractivity contribution in [2.75, 3.05) is 11.9 Å². The molecule has 0 spiro atoms. The molecule has 1 aromatic carbocycles. The van der Waals surface area contributed by atoms with E-state index in [0.29, 0.717) is 0 Å². The number of hydrogen-bond donors (Lipinski definition) is 3. The van der Waals surface area contributed by atoms with E-state index in [1.54, 1.807) is 0 Å². The third kappa shape index (κ3) is 5.61. The normalized spacial score (nSPS) is 19.1. The van der Waals surface area contributed by atoms with E-state index in [0.717, 1.165) is 23.2 Å². The van der Waals surface area contributed by atoms with Crippen molar-refractivity contribution < 1.29 is 36.3 Å². The molecule has 0 unspecified atom stereocenters. The van der Waals surface area contributed by atoms with Crippen LogP contribution in [0.3, 0.4) is 0 Å². The molecular weight excluding hydrogens is 491 g/mol. The first-order valence-electron chi connectivity index (χ1n) is 9.88. The molecule has 1 aromatic heterocycles. The van der Waals surface area contributed by atoms with Gasteiger partial charge in [0.15, 0.2) is 5.82 Å². The average Bonchev–Trinajstić information content (AvgIpc) is 3.42. The Kier molecular flexibility index (Phi) is 7.38. The first-order valence-corrected chi connectivity index (χ1v) is 10.3. The van der Waals surface area contributed by atoms with Gasteiger partial charge in [-0.3, -0.25) is 19.5 Å². The summed E-state index contributed by atoms with van der Waals surface area (Å²) in [6, 6.07) is -0.649.